The molecule has 1 aliphatic rings. The van der Waals surface area contributed by atoms with Crippen LogP contribution in [0.5, 0.6) is 0 Å². The number of hydrogen-bond acceptors (Lipinski definition) is 3. The van der Waals surface area contributed by atoms with Gasteiger partial charge in [-0.1, -0.05) is 200 Å². The Hall–Kier alpha value is -6.75. The van der Waals surface area contributed by atoms with Crippen molar-refractivity contribution in [1.82, 2.24) is 15.0 Å². The first-order valence-electron chi connectivity index (χ1n) is 18.0. The minimum Gasteiger partial charge on any atom is -0.208 e. The highest BCUT2D eigenvalue weighted by Crippen LogP contribution is 2.33. The average Bonchev–Trinajstić information content (AvgIpc) is 3.55. The van der Waals surface area contributed by atoms with Crippen LogP contribution in [0, 0.1) is 0 Å². The topological polar surface area (TPSA) is 38.7 Å². The first-order chi connectivity index (χ1) is 26.3. The predicted molar refractivity (Wildman–Crippen MR) is 222 cm³/mol. The molecule has 3 nitrogen and oxygen atoms in total. The van der Waals surface area contributed by atoms with Crippen molar-refractivity contribution in [1.29, 1.82) is 0 Å². The molecule has 8 aromatic carbocycles. The molecule has 0 atom stereocenters. The Labute approximate surface area is 310 Å². The molecule has 0 saturated heterocycles. The van der Waals surface area contributed by atoms with Gasteiger partial charge in [0, 0.05) is 16.7 Å². The van der Waals surface area contributed by atoms with Gasteiger partial charge in [-0.25, -0.2) is 15.0 Å². The van der Waals surface area contributed by atoms with E-state index in [4.69, 9.17) is 15.0 Å². The summed E-state index contributed by atoms with van der Waals surface area (Å²) in [4.78, 5) is 15.4. The quantitative estimate of drug-likeness (QED) is 0.163. The van der Waals surface area contributed by atoms with Gasteiger partial charge >= 0.3 is 0 Å². The summed E-state index contributed by atoms with van der Waals surface area (Å²) in [6.45, 7) is 0. The van der Waals surface area contributed by atoms with Gasteiger partial charge in [0.05, 0.1) is 0 Å². The fraction of sp³-hybridized carbons (Fsp3) is 0. The lowest BCUT2D eigenvalue weighted by Gasteiger charge is -2.31. The van der Waals surface area contributed by atoms with E-state index in [9.17, 15) is 0 Å². The summed E-state index contributed by atoms with van der Waals surface area (Å²) in [5, 5.41) is 7.96. The highest BCUT2D eigenvalue weighted by atomic mass is 28.3. The molecular weight excluding hydrogens is 659 g/mol. The zero-order valence-corrected chi connectivity index (χ0v) is 29.9. The standard InChI is InChI=1S/C49H33N3Si/c1-4-16-36(17-5-1)47-50-48(37-29-27-35(28-30-37)42-25-14-18-34-15-10-11-23-41(34)42)52-49(51-47)38-31-32-44-43-24-12-13-26-45(43)53(46(44)33-38,39-19-6-2-7-20-39)40-21-8-3-9-22-40/h1-33H. The molecule has 0 amide bonds. The molecule has 2 heterocycles. The van der Waals surface area contributed by atoms with E-state index >= 15 is 0 Å². The summed E-state index contributed by atoms with van der Waals surface area (Å²) in [7, 11) is -2.67. The summed E-state index contributed by atoms with van der Waals surface area (Å²) in [5.41, 5.74) is 7.83. The zero-order valence-electron chi connectivity index (χ0n) is 28.9. The van der Waals surface area contributed by atoms with Crippen LogP contribution in [0.15, 0.2) is 200 Å². The van der Waals surface area contributed by atoms with Gasteiger partial charge in [-0.15, -0.1) is 0 Å². The van der Waals surface area contributed by atoms with Crippen LogP contribution in [0.3, 0.4) is 0 Å². The lowest BCUT2D eigenvalue weighted by molar-refractivity contribution is 1.07. The number of benzene rings is 8. The van der Waals surface area contributed by atoms with Crippen molar-refractivity contribution in [2.24, 2.45) is 0 Å². The van der Waals surface area contributed by atoms with Crippen LogP contribution in [0.4, 0.5) is 0 Å². The van der Waals surface area contributed by atoms with Crippen LogP contribution >= 0.6 is 0 Å². The maximum absolute atomic E-state index is 5.21. The number of aromatic nitrogens is 3. The molecular formula is C49H33N3Si. The average molecular weight is 692 g/mol. The van der Waals surface area contributed by atoms with Crippen molar-refractivity contribution >= 4 is 39.6 Å². The largest absolute Gasteiger partial charge is 0.208 e. The molecule has 1 aliphatic heterocycles. The van der Waals surface area contributed by atoms with Crippen LogP contribution in [-0.2, 0) is 0 Å². The zero-order chi connectivity index (χ0) is 35.2. The highest BCUT2D eigenvalue weighted by Gasteiger charge is 2.48. The molecule has 248 valence electrons. The van der Waals surface area contributed by atoms with Crippen LogP contribution in [0.1, 0.15) is 0 Å². The number of fused-ring (bicyclic) bond motifs is 4. The number of rotatable bonds is 6. The fourth-order valence-corrected chi connectivity index (χ4v) is 13.4. The van der Waals surface area contributed by atoms with E-state index in [2.05, 4.69) is 182 Å². The second kappa shape index (κ2) is 12.8. The Balaban J connectivity index is 1.16. The maximum Gasteiger partial charge on any atom is 0.180 e. The minimum absolute atomic E-state index is 0.650. The molecule has 0 radical (unpaired) electrons. The van der Waals surface area contributed by atoms with Gasteiger partial charge in [0.15, 0.2) is 25.5 Å². The summed E-state index contributed by atoms with van der Waals surface area (Å²) < 4.78 is 0. The van der Waals surface area contributed by atoms with E-state index in [1.807, 2.05) is 18.2 Å². The molecule has 0 unspecified atom stereocenters. The first kappa shape index (κ1) is 31.0. The Kier molecular flexibility index (Phi) is 7.48. The minimum atomic E-state index is -2.67. The van der Waals surface area contributed by atoms with Crippen LogP contribution in [-0.4, -0.2) is 23.0 Å². The second-order valence-electron chi connectivity index (χ2n) is 13.6. The maximum atomic E-state index is 5.21. The van der Waals surface area contributed by atoms with Gasteiger partial charge < -0.3 is 0 Å². The normalized spacial score (nSPS) is 12.7. The van der Waals surface area contributed by atoms with Gasteiger partial charge in [0.1, 0.15) is 0 Å². The smallest absolute Gasteiger partial charge is 0.180 e. The van der Waals surface area contributed by atoms with Crippen molar-refractivity contribution in [2.75, 3.05) is 0 Å². The summed E-state index contributed by atoms with van der Waals surface area (Å²) in [6, 6.07) is 71.8. The monoisotopic (exact) mass is 691 g/mol. The highest BCUT2D eigenvalue weighted by molar-refractivity contribution is 7.22. The van der Waals surface area contributed by atoms with E-state index in [1.165, 1.54) is 48.2 Å². The number of hydrogen-bond donors (Lipinski definition) is 0. The van der Waals surface area contributed by atoms with Crippen LogP contribution in [0.25, 0.3) is 67.2 Å². The molecule has 4 heteroatoms. The van der Waals surface area contributed by atoms with Crippen LogP contribution < -0.4 is 20.7 Å². The van der Waals surface area contributed by atoms with Crippen molar-refractivity contribution in [3.63, 3.8) is 0 Å². The van der Waals surface area contributed by atoms with E-state index in [-0.39, 0.29) is 0 Å². The van der Waals surface area contributed by atoms with Crippen molar-refractivity contribution in [3.05, 3.63) is 200 Å². The van der Waals surface area contributed by atoms with Gasteiger partial charge in [-0.3, -0.25) is 0 Å². The summed E-state index contributed by atoms with van der Waals surface area (Å²) in [6.07, 6.45) is 0. The molecule has 53 heavy (non-hydrogen) atoms. The Morgan fingerprint density at radius 1 is 0.302 bits per heavy atom. The molecule has 0 spiro atoms. The van der Waals surface area contributed by atoms with E-state index in [1.54, 1.807) is 0 Å². The first-order valence-corrected chi connectivity index (χ1v) is 20.0. The van der Waals surface area contributed by atoms with Gasteiger partial charge in [-0.05, 0) is 53.8 Å². The summed E-state index contributed by atoms with van der Waals surface area (Å²) >= 11 is 0. The molecule has 9 aromatic rings. The van der Waals surface area contributed by atoms with E-state index in [0.717, 1.165) is 22.3 Å². The molecule has 0 aliphatic carbocycles. The molecule has 0 saturated carbocycles. The SMILES string of the molecule is c1ccc(-c2nc(-c3ccc(-c4cccc5ccccc45)cc3)nc(-c3ccc4c(c3)[Si](c3ccccc3)(c3ccccc3)c3ccccc3-4)n2)cc1. The molecule has 0 fully saturated rings. The van der Waals surface area contributed by atoms with E-state index in [0.29, 0.717) is 17.5 Å². The fourth-order valence-electron chi connectivity index (χ4n) is 8.21. The predicted octanol–water partition coefficient (Wildman–Crippen LogP) is 9.05. The lowest BCUT2D eigenvalue weighted by atomic mass is 9.97. The Morgan fingerprint density at radius 3 is 1.47 bits per heavy atom. The van der Waals surface area contributed by atoms with Gasteiger partial charge in [-0.2, -0.15) is 0 Å². The Morgan fingerprint density at radius 2 is 0.774 bits per heavy atom. The van der Waals surface area contributed by atoms with Gasteiger partial charge in [0.2, 0.25) is 0 Å². The second-order valence-corrected chi connectivity index (χ2v) is 17.3. The van der Waals surface area contributed by atoms with E-state index < -0.39 is 8.07 Å². The van der Waals surface area contributed by atoms with Gasteiger partial charge in [0.25, 0.3) is 0 Å². The van der Waals surface area contributed by atoms with Crippen molar-refractivity contribution < 1.29 is 0 Å². The molecule has 0 N–H and O–H groups in total. The molecule has 0 bridgehead atoms. The molecule has 10 rings (SSSR count). The van der Waals surface area contributed by atoms with Crippen molar-refractivity contribution in [2.45, 2.75) is 0 Å². The number of nitrogens with zero attached hydrogens (tertiary/aromatic N) is 3. The third-order valence-corrected chi connectivity index (χ3v) is 15.5. The van der Waals surface area contributed by atoms with Crippen LogP contribution in [0.2, 0.25) is 0 Å². The molecule has 1 aromatic heterocycles. The van der Waals surface area contributed by atoms with Crippen molar-refractivity contribution in [3.8, 4) is 56.4 Å². The lowest BCUT2D eigenvalue weighted by Crippen LogP contribution is -2.72. The third-order valence-electron chi connectivity index (χ3n) is 10.6. The summed E-state index contributed by atoms with van der Waals surface area (Å²) in [5.74, 6) is 1.97. The third kappa shape index (κ3) is 5.15. The Bertz CT molecular complexity index is 2720.